The first-order chi connectivity index (χ1) is 7.53. The van der Waals surface area contributed by atoms with Crippen LogP contribution in [0.3, 0.4) is 0 Å². The summed E-state index contributed by atoms with van der Waals surface area (Å²) in [4.78, 5) is 0. The molecule has 0 spiro atoms. The summed E-state index contributed by atoms with van der Waals surface area (Å²) in [5.41, 5.74) is 0. The van der Waals surface area contributed by atoms with Gasteiger partial charge in [-0.1, -0.05) is 32.6 Å². The average molecular weight is 248 g/mol. The van der Waals surface area contributed by atoms with E-state index in [1.807, 2.05) is 0 Å². The summed E-state index contributed by atoms with van der Waals surface area (Å²) in [6.45, 7) is 4.25. The van der Waals surface area contributed by atoms with Gasteiger partial charge < -0.3 is 4.74 Å². The van der Waals surface area contributed by atoms with Crippen LogP contribution < -0.4 is 0 Å². The van der Waals surface area contributed by atoms with E-state index in [2.05, 4.69) is 13.8 Å². The lowest BCUT2D eigenvalue weighted by molar-refractivity contribution is 0.00715. The summed E-state index contributed by atoms with van der Waals surface area (Å²) in [5.74, 6) is 0.534. The zero-order valence-corrected chi connectivity index (χ0v) is 11.3. The van der Waals surface area contributed by atoms with E-state index in [9.17, 15) is 8.42 Å². The molecule has 0 aromatic heterocycles. The van der Waals surface area contributed by atoms with Gasteiger partial charge in [-0.25, -0.2) is 8.42 Å². The van der Waals surface area contributed by atoms with Gasteiger partial charge in [0.05, 0.1) is 23.7 Å². The molecule has 1 saturated heterocycles. The van der Waals surface area contributed by atoms with Crippen LogP contribution in [0.1, 0.15) is 52.4 Å². The molecule has 4 heteroatoms. The van der Waals surface area contributed by atoms with Crippen molar-refractivity contribution in [3.05, 3.63) is 0 Å². The molecule has 1 heterocycles. The number of rotatable bonds is 7. The molecule has 1 fully saturated rings. The summed E-state index contributed by atoms with van der Waals surface area (Å²) in [6, 6.07) is 0. The Kier molecular flexibility index (Phi) is 5.76. The first-order valence-electron chi connectivity index (χ1n) is 6.39. The topological polar surface area (TPSA) is 43.4 Å². The summed E-state index contributed by atoms with van der Waals surface area (Å²) in [6.07, 6.45) is 6.86. The Labute approximate surface area is 99.5 Å². The van der Waals surface area contributed by atoms with Crippen molar-refractivity contribution in [2.45, 2.75) is 64.6 Å². The van der Waals surface area contributed by atoms with Gasteiger partial charge in [0.2, 0.25) is 0 Å². The molecule has 3 nitrogen and oxygen atoms in total. The highest BCUT2D eigenvalue weighted by molar-refractivity contribution is 7.91. The van der Waals surface area contributed by atoms with Gasteiger partial charge in [0, 0.05) is 0 Å². The van der Waals surface area contributed by atoms with E-state index >= 15 is 0 Å². The van der Waals surface area contributed by atoms with Crippen LogP contribution in [0.5, 0.6) is 0 Å². The largest absolute Gasteiger partial charge is 0.374 e. The molecule has 0 radical (unpaired) electrons. The van der Waals surface area contributed by atoms with Crippen molar-refractivity contribution < 1.29 is 13.2 Å². The van der Waals surface area contributed by atoms with Crippen LogP contribution in [0.15, 0.2) is 0 Å². The smallest absolute Gasteiger partial charge is 0.152 e. The average Bonchev–Trinajstić information content (AvgIpc) is 2.53. The Balaban J connectivity index is 2.13. The summed E-state index contributed by atoms with van der Waals surface area (Å²) < 4.78 is 28.2. The minimum Gasteiger partial charge on any atom is -0.374 e. The SMILES string of the molecule is CCCCCC[C@H](C)O[C@@H]1CCS(=O)(=O)C1. The predicted molar refractivity (Wildman–Crippen MR) is 66.4 cm³/mol. The van der Waals surface area contributed by atoms with Gasteiger partial charge in [0.25, 0.3) is 0 Å². The Morgan fingerprint density at radius 3 is 2.62 bits per heavy atom. The van der Waals surface area contributed by atoms with Crippen LogP contribution in [0.25, 0.3) is 0 Å². The van der Waals surface area contributed by atoms with Gasteiger partial charge in [-0.05, 0) is 19.8 Å². The minimum absolute atomic E-state index is 0.0498. The summed E-state index contributed by atoms with van der Waals surface area (Å²) in [7, 11) is -2.80. The third kappa shape index (κ3) is 5.30. The molecule has 0 unspecified atom stereocenters. The van der Waals surface area contributed by atoms with Crippen LogP contribution in [0.4, 0.5) is 0 Å². The maximum absolute atomic E-state index is 11.2. The van der Waals surface area contributed by atoms with Crippen molar-refractivity contribution in [3.63, 3.8) is 0 Å². The lowest BCUT2D eigenvalue weighted by atomic mass is 10.1. The third-order valence-corrected chi connectivity index (χ3v) is 4.82. The maximum atomic E-state index is 11.2. The number of hydrogen-bond acceptors (Lipinski definition) is 3. The number of unbranched alkanes of at least 4 members (excludes halogenated alkanes) is 3. The zero-order valence-electron chi connectivity index (χ0n) is 10.4. The van der Waals surface area contributed by atoms with E-state index < -0.39 is 9.84 Å². The fourth-order valence-electron chi connectivity index (χ4n) is 2.12. The van der Waals surface area contributed by atoms with Crippen molar-refractivity contribution in [3.8, 4) is 0 Å². The second kappa shape index (κ2) is 6.60. The molecule has 96 valence electrons. The highest BCUT2D eigenvalue weighted by Crippen LogP contribution is 2.18. The maximum Gasteiger partial charge on any atom is 0.152 e. The molecule has 1 aliphatic rings. The Bertz CT molecular complexity index is 285. The van der Waals surface area contributed by atoms with Gasteiger partial charge in [-0.15, -0.1) is 0 Å². The molecule has 2 atom stereocenters. The fraction of sp³-hybridized carbons (Fsp3) is 1.00. The van der Waals surface area contributed by atoms with Gasteiger partial charge in [-0.3, -0.25) is 0 Å². The van der Waals surface area contributed by atoms with Crippen LogP contribution in [0.2, 0.25) is 0 Å². The minimum atomic E-state index is -2.80. The standard InChI is InChI=1S/C12H24O3S/c1-3-4-5-6-7-11(2)15-12-8-9-16(13,14)10-12/h11-12H,3-10H2,1-2H3/t11-,12+/m0/s1. The molecule has 0 aromatic rings. The van der Waals surface area contributed by atoms with Crippen molar-refractivity contribution in [1.82, 2.24) is 0 Å². The van der Waals surface area contributed by atoms with E-state index in [1.165, 1.54) is 25.7 Å². The van der Waals surface area contributed by atoms with Crippen molar-refractivity contribution in [2.75, 3.05) is 11.5 Å². The molecular weight excluding hydrogens is 224 g/mol. The highest BCUT2D eigenvalue weighted by Gasteiger charge is 2.29. The van der Waals surface area contributed by atoms with Crippen LogP contribution >= 0.6 is 0 Å². The number of sulfone groups is 1. The lowest BCUT2D eigenvalue weighted by Gasteiger charge is -2.17. The first kappa shape index (κ1) is 14.0. The van der Waals surface area contributed by atoms with E-state index in [4.69, 9.17) is 4.74 Å². The molecule has 0 aromatic carbocycles. The van der Waals surface area contributed by atoms with Gasteiger partial charge in [-0.2, -0.15) is 0 Å². The van der Waals surface area contributed by atoms with Crippen molar-refractivity contribution in [1.29, 1.82) is 0 Å². The van der Waals surface area contributed by atoms with Gasteiger partial charge in [0.1, 0.15) is 0 Å². The summed E-state index contributed by atoms with van der Waals surface area (Å²) in [5, 5.41) is 0. The molecule has 0 amide bonds. The second-order valence-electron chi connectivity index (χ2n) is 4.82. The van der Waals surface area contributed by atoms with Gasteiger partial charge in [0.15, 0.2) is 9.84 Å². The van der Waals surface area contributed by atoms with Crippen LogP contribution in [0, 0.1) is 0 Å². The van der Waals surface area contributed by atoms with Crippen LogP contribution in [-0.2, 0) is 14.6 Å². The molecule has 1 aliphatic heterocycles. The van der Waals surface area contributed by atoms with E-state index in [-0.39, 0.29) is 18.0 Å². The van der Waals surface area contributed by atoms with E-state index in [0.717, 1.165) is 6.42 Å². The zero-order chi connectivity index (χ0) is 12.0. The monoisotopic (exact) mass is 248 g/mol. The van der Waals surface area contributed by atoms with Crippen LogP contribution in [-0.4, -0.2) is 32.1 Å². The predicted octanol–water partition coefficient (Wildman–Crippen LogP) is 2.55. The first-order valence-corrected chi connectivity index (χ1v) is 8.21. The molecular formula is C12H24O3S. The molecule has 16 heavy (non-hydrogen) atoms. The lowest BCUT2D eigenvalue weighted by Crippen LogP contribution is -2.21. The molecule has 0 bridgehead atoms. The van der Waals surface area contributed by atoms with Crippen molar-refractivity contribution >= 4 is 9.84 Å². The molecule has 0 N–H and O–H groups in total. The molecule has 0 saturated carbocycles. The Morgan fingerprint density at radius 2 is 2.06 bits per heavy atom. The quantitative estimate of drug-likeness (QED) is 0.650. The van der Waals surface area contributed by atoms with E-state index in [0.29, 0.717) is 12.2 Å². The third-order valence-electron chi connectivity index (χ3n) is 3.08. The van der Waals surface area contributed by atoms with E-state index in [1.54, 1.807) is 0 Å². The number of hydrogen-bond donors (Lipinski definition) is 0. The Hall–Kier alpha value is -0.0900. The molecule has 0 aliphatic carbocycles. The van der Waals surface area contributed by atoms with Gasteiger partial charge >= 0.3 is 0 Å². The molecule has 1 rings (SSSR count). The fourth-order valence-corrected chi connectivity index (χ4v) is 3.72. The number of ether oxygens (including phenoxy) is 1. The normalized spacial score (nSPS) is 25.8. The summed E-state index contributed by atoms with van der Waals surface area (Å²) >= 11 is 0. The van der Waals surface area contributed by atoms with Crippen molar-refractivity contribution in [2.24, 2.45) is 0 Å². The highest BCUT2D eigenvalue weighted by atomic mass is 32.2. The Morgan fingerprint density at radius 1 is 1.31 bits per heavy atom. The second-order valence-corrected chi connectivity index (χ2v) is 7.05.